The Hall–Kier alpha value is -0.900. The zero-order valence-electron chi connectivity index (χ0n) is 8.32. The van der Waals surface area contributed by atoms with Crippen LogP contribution in [0.5, 0.6) is 0 Å². The van der Waals surface area contributed by atoms with Gasteiger partial charge in [-0.3, -0.25) is 0 Å². The van der Waals surface area contributed by atoms with E-state index in [9.17, 15) is 5.11 Å². The smallest absolute Gasteiger partial charge is 0.0676 e. The van der Waals surface area contributed by atoms with Crippen molar-refractivity contribution >= 4 is 0 Å². The molecule has 0 saturated heterocycles. The van der Waals surface area contributed by atoms with E-state index in [0.29, 0.717) is 19.5 Å². The zero-order chi connectivity index (χ0) is 10.2. The van der Waals surface area contributed by atoms with E-state index < -0.39 is 0 Å². The van der Waals surface area contributed by atoms with Gasteiger partial charge >= 0.3 is 0 Å². The van der Waals surface area contributed by atoms with Crippen molar-refractivity contribution < 1.29 is 5.11 Å². The standard InChI is InChI=1S/C11H18N2O/c12-7-6-11(14)9-13-8-10-4-2-1-3-5-10/h1-5,11,13-14H,6-9,12H2. The molecule has 4 N–H and O–H groups in total. The van der Waals surface area contributed by atoms with Crippen LogP contribution in [0, 0.1) is 0 Å². The van der Waals surface area contributed by atoms with Gasteiger partial charge in [0.1, 0.15) is 0 Å². The summed E-state index contributed by atoms with van der Waals surface area (Å²) in [5, 5.41) is 12.6. The number of hydrogen-bond acceptors (Lipinski definition) is 3. The van der Waals surface area contributed by atoms with Gasteiger partial charge in [0.2, 0.25) is 0 Å². The molecular weight excluding hydrogens is 176 g/mol. The van der Waals surface area contributed by atoms with Crippen LogP contribution in [0.25, 0.3) is 0 Å². The van der Waals surface area contributed by atoms with E-state index in [4.69, 9.17) is 5.73 Å². The minimum absolute atomic E-state index is 0.330. The summed E-state index contributed by atoms with van der Waals surface area (Å²) in [5.41, 5.74) is 6.55. The van der Waals surface area contributed by atoms with Gasteiger partial charge in [-0.25, -0.2) is 0 Å². The molecule has 78 valence electrons. The van der Waals surface area contributed by atoms with E-state index in [2.05, 4.69) is 17.4 Å². The average Bonchev–Trinajstić information content (AvgIpc) is 2.20. The Morgan fingerprint density at radius 3 is 2.64 bits per heavy atom. The maximum absolute atomic E-state index is 9.38. The molecule has 0 saturated carbocycles. The Morgan fingerprint density at radius 2 is 2.00 bits per heavy atom. The van der Waals surface area contributed by atoms with Crippen LogP contribution in [-0.4, -0.2) is 24.3 Å². The van der Waals surface area contributed by atoms with Gasteiger partial charge in [-0.15, -0.1) is 0 Å². The van der Waals surface area contributed by atoms with E-state index in [-0.39, 0.29) is 6.10 Å². The van der Waals surface area contributed by atoms with Crippen LogP contribution in [0.2, 0.25) is 0 Å². The summed E-state index contributed by atoms with van der Waals surface area (Å²) in [6, 6.07) is 10.1. The number of rotatable bonds is 6. The molecule has 0 bridgehead atoms. The van der Waals surface area contributed by atoms with Crippen molar-refractivity contribution in [3.05, 3.63) is 35.9 Å². The first-order valence-electron chi connectivity index (χ1n) is 4.95. The predicted molar refractivity (Wildman–Crippen MR) is 57.8 cm³/mol. The number of benzene rings is 1. The molecule has 3 nitrogen and oxygen atoms in total. The molecule has 0 aromatic heterocycles. The second-order valence-electron chi connectivity index (χ2n) is 3.35. The first kappa shape index (κ1) is 11.2. The molecule has 1 unspecified atom stereocenters. The van der Waals surface area contributed by atoms with Gasteiger partial charge in [-0.1, -0.05) is 30.3 Å². The van der Waals surface area contributed by atoms with Crippen LogP contribution in [0.3, 0.4) is 0 Å². The van der Waals surface area contributed by atoms with Gasteiger partial charge in [0.25, 0.3) is 0 Å². The summed E-state index contributed by atoms with van der Waals surface area (Å²) in [5.74, 6) is 0. The molecule has 1 aromatic rings. The second kappa shape index (κ2) is 6.54. The van der Waals surface area contributed by atoms with Gasteiger partial charge in [0, 0.05) is 13.1 Å². The summed E-state index contributed by atoms with van der Waals surface area (Å²) < 4.78 is 0. The highest BCUT2D eigenvalue weighted by molar-refractivity contribution is 5.14. The van der Waals surface area contributed by atoms with Gasteiger partial charge in [0.05, 0.1) is 6.10 Å². The quantitative estimate of drug-likeness (QED) is 0.617. The summed E-state index contributed by atoms with van der Waals surface area (Å²) in [4.78, 5) is 0. The van der Waals surface area contributed by atoms with E-state index in [0.717, 1.165) is 6.54 Å². The van der Waals surface area contributed by atoms with Crippen LogP contribution in [-0.2, 0) is 6.54 Å². The Morgan fingerprint density at radius 1 is 1.29 bits per heavy atom. The number of aliphatic hydroxyl groups is 1. The van der Waals surface area contributed by atoms with E-state index in [1.54, 1.807) is 0 Å². The van der Waals surface area contributed by atoms with E-state index in [1.807, 2.05) is 18.2 Å². The molecule has 0 aliphatic carbocycles. The third-order valence-electron chi connectivity index (χ3n) is 2.05. The molecule has 0 spiro atoms. The van der Waals surface area contributed by atoms with Crippen molar-refractivity contribution in [2.24, 2.45) is 5.73 Å². The Kier molecular flexibility index (Phi) is 5.22. The number of aliphatic hydroxyl groups excluding tert-OH is 1. The lowest BCUT2D eigenvalue weighted by atomic mass is 10.2. The SMILES string of the molecule is NCCC(O)CNCc1ccccc1. The topological polar surface area (TPSA) is 58.3 Å². The van der Waals surface area contributed by atoms with Gasteiger partial charge in [-0.05, 0) is 18.5 Å². The van der Waals surface area contributed by atoms with Crippen molar-refractivity contribution in [1.29, 1.82) is 0 Å². The zero-order valence-corrected chi connectivity index (χ0v) is 8.32. The summed E-state index contributed by atoms with van der Waals surface area (Å²) in [6.45, 7) is 1.93. The summed E-state index contributed by atoms with van der Waals surface area (Å²) in [6.07, 6.45) is 0.325. The highest BCUT2D eigenvalue weighted by Gasteiger charge is 2.00. The average molecular weight is 194 g/mol. The number of nitrogens with two attached hydrogens (primary N) is 1. The van der Waals surface area contributed by atoms with Crippen LogP contribution >= 0.6 is 0 Å². The minimum atomic E-state index is -0.330. The molecule has 1 rings (SSSR count). The van der Waals surface area contributed by atoms with Crippen molar-refractivity contribution in [2.75, 3.05) is 13.1 Å². The molecule has 0 aliphatic heterocycles. The van der Waals surface area contributed by atoms with Crippen LogP contribution in [0.1, 0.15) is 12.0 Å². The van der Waals surface area contributed by atoms with Gasteiger partial charge < -0.3 is 16.2 Å². The predicted octanol–water partition coefficient (Wildman–Crippen LogP) is 0.486. The maximum Gasteiger partial charge on any atom is 0.0676 e. The first-order valence-corrected chi connectivity index (χ1v) is 4.95. The molecule has 0 fully saturated rings. The molecule has 14 heavy (non-hydrogen) atoms. The van der Waals surface area contributed by atoms with Gasteiger partial charge in [0.15, 0.2) is 0 Å². The minimum Gasteiger partial charge on any atom is -0.392 e. The lowest BCUT2D eigenvalue weighted by molar-refractivity contribution is 0.164. The van der Waals surface area contributed by atoms with Crippen molar-refractivity contribution in [3.63, 3.8) is 0 Å². The Labute approximate surface area is 84.9 Å². The number of nitrogens with one attached hydrogen (secondary N) is 1. The highest BCUT2D eigenvalue weighted by Crippen LogP contribution is 1.97. The third kappa shape index (κ3) is 4.37. The lowest BCUT2D eigenvalue weighted by Gasteiger charge is -2.10. The monoisotopic (exact) mass is 194 g/mol. The molecule has 0 aliphatic rings. The molecule has 1 atom stereocenters. The third-order valence-corrected chi connectivity index (χ3v) is 2.05. The molecule has 0 heterocycles. The van der Waals surface area contributed by atoms with E-state index >= 15 is 0 Å². The summed E-state index contributed by atoms with van der Waals surface area (Å²) in [7, 11) is 0. The van der Waals surface area contributed by atoms with Crippen molar-refractivity contribution in [2.45, 2.75) is 19.1 Å². The highest BCUT2D eigenvalue weighted by atomic mass is 16.3. The number of hydrogen-bond donors (Lipinski definition) is 3. The van der Waals surface area contributed by atoms with Crippen LogP contribution in [0.15, 0.2) is 30.3 Å². The Bertz CT molecular complexity index is 238. The fraction of sp³-hybridized carbons (Fsp3) is 0.455. The Balaban J connectivity index is 2.16. The van der Waals surface area contributed by atoms with E-state index in [1.165, 1.54) is 5.56 Å². The fourth-order valence-electron chi connectivity index (χ4n) is 1.27. The van der Waals surface area contributed by atoms with Gasteiger partial charge in [-0.2, -0.15) is 0 Å². The molecule has 3 heteroatoms. The molecule has 0 amide bonds. The van der Waals surface area contributed by atoms with Crippen LogP contribution < -0.4 is 11.1 Å². The normalized spacial score (nSPS) is 12.7. The van der Waals surface area contributed by atoms with Crippen molar-refractivity contribution in [3.8, 4) is 0 Å². The molecule has 1 aromatic carbocycles. The summed E-state index contributed by atoms with van der Waals surface area (Å²) >= 11 is 0. The largest absolute Gasteiger partial charge is 0.392 e. The van der Waals surface area contributed by atoms with Crippen molar-refractivity contribution in [1.82, 2.24) is 5.32 Å². The lowest BCUT2D eigenvalue weighted by Crippen LogP contribution is -2.28. The molecule has 0 radical (unpaired) electrons. The maximum atomic E-state index is 9.38. The van der Waals surface area contributed by atoms with Crippen LogP contribution in [0.4, 0.5) is 0 Å². The second-order valence-corrected chi connectivity index (χ2v) is 3.35. The first-order chi connectivity index (χ1) is 6.83. The fourth-order valence-corrected chi connectivity index (χ4v) is 1.27. The molecular formula is C11H18N2O.